The number of hydrogen-bond acceptors (Lipinski definition) is 6. The number of nitrogens with zero attached hydrogens (tertiary/aromatic N) is 1. The Hall–Kier alpha value is -0.530. The molecule has 0 aromatic heterocycles. The Morgan fingerprint density at radius 3 is 1.85 bits per heavy atom. The van der Waals surface area contributed by atoms with Crippen LogP contribution in [0.4, 0.5) is 0 Å². The van der Waals surface area contributed by atoms with Crippen molar-refractivity contribution in [3.8, 4) is 0 Å². The molecule has 0 aliphatic carbocycles. The van der Waals surface area contributed by atoms with Crippen LogP contribution in [0.5, 0.6) is 0 Å². The zero-order valence-corrected chi connectivity index (χ0v) is 7.11. The van der Waals surface area contributed by atoms with E-state index in [0.29, 0.717) is 0 Å². The lowest BCUT2D eigenvalue weighted by Crippen LogP contribution is -2.46. The van der Waals surface area contributed by atoms with E-state index in [1.807, 2.05) is 0 Å². The predicted octanol–water partition coefficient (Wildman–Crippen LogP) is -2.88. The van der Waals surface area contributed by atoms with Crippen LogP contribution in [-0.4, -0.2) is 69.8 Å². The highest BCUT2D eigenvalue weighted by Gasteiger charge is 2.29. The van der Waals surface area contributed by atoms with Crippen LogP contribution in [0.1, 0.15) is 0 Å². The lowest BCUT2D eigenvalue weighted by atomic mass is 10.0. The van der Waals surface area contributed by atoms with Crippen molar-refractivity contribution in [1.29, 1.82) is 0 Å². The lowest BCUT2D eigenvalue weighted by Gasteiger charge is -2.24. The largest absolute Gasteiger partial charge is 0.394 e. The van der Waals surface area contributed by atoms with Crippen molar-refractivity contribution in [2.45, 2.75) is 24.4 Å². The standard InChI is InChI=1S/C7H15NO5/c1-8-2-4(10)6(12)7(13)5(11)3-9/h4-7,9-13H,1-3H2/t4-,5+,6+,7+/m0/s1. The Bertz CT molecular complexity index is 154. The zero-order valence-electron chi connectivity index (χ0n) is 7.11. The third-order valence-corrected chi connectivity index (χ3v) is 1.64. The monoisotopic (exact) mass is 193 g/mol. The van der Waals surface area contributed by atoms with Crippen molar-refractivity contribution in [2.24, 2.45) is 4.99 Å². The number of hydrogen-bond donors (Lipinski definition) is 5. The maximum atomic E-state index is 9.16. The van der Waals surface area contributed by atoms with Crippen LogP contribution in [0, 0.1) is 0 Å². The summed E-state index contributed by atoms with van der Waals surface area (Å²) in [5.74, 6) is 0. The van der Waals surface area contributed by atoms with E-state index in [0.717, 1.165) is 0 Å². The number of rotatable bonds is 6. The van der Waals surface area contributed by atoms with Gasteiger partial charge < -0.3 is 25.5 Å². The third-order valence-electron chi connectivity index (χ3n) is 1.64. The van der Waals surface area contributed by atoms with Gasteiger partial charge in [0.1, 0.15) is 24.4 Å². The van der Waals surface area contributed by atoms with Crippen LogP contribution in [0.3, 0.4) is 0 Å². The zero-order chi connectivity index (χ0) is 10.4. The normalized spacial score (nSPS) is 20.4. The van der Waals surface area contributed by atoms with Crippen LogP contribution in [0.15, 0.2) is 4.99 Å². The number of aliphatic hydroxyl groups is 5. The van der Waals surface area contributed by atoms with Crippen LogP contribution in [0.25, 0.3) is 0 Å². The molecule has 0 saturated carbocycles. The fourth-order valence-electron chi connectivity index (χ4n) is 0.803. The molecule has 0 saturated heterocycles. The van der Waals surface area contributed by atoms with E-state index in [1.54, 1.807) is 0 Å². The minimum Gasteiger partial charge on any atom is -0.394 e. The minimum absolute atomic E-state index is 0.142. The van der Waals surface area contributed by atoms with E-state index in [2.05, 4.69) is 11.7 Å². The molecule has 0 radical (unpaired) electrons. The van der Waals surface area contributed by atoms with Gasteiger partial charge in [0, 0.05) is 0 Å². The summed E-state index contributed by atoms with van der Waals surface area (Å²) in [6.07, 6.45) is -5.92. The molecule has 78 valence electrons. The first-order valence-corrected chi connectivity index (χ1v) is 3.80. The van der Waals surface area contributed by atoms with E-state index >= 15 is 0 Å². The van der Waals surface area contributed by atoms with E-state index in [4.69, 9.17) is 25.5 Å². The Kier molecular flexibility index (Phi) is 5.76. The molecule has 0 spiro atoms. The van der Waals surface area contributed by atoms with Crippen molar-refractivity contribution in [2.75, 3.05) is 13.2 Å². The summed E-state index contributed by atoms with van der Waals surface area (Å²) >= 11 is 0. The third kappa shape index (κ3) is 3.79. The van der Waals surface area contributed by atoms with Gasteiger partial charge in [0.05, 0.1) is 13.2 Å². The quantitative estimate of drug-likeness (QED) is 0.291. The molecule has 0 aromatic carbocycles. The van der Waals surface area contributed by atoms with Gasteiger partial charge in [-0.05, 0) is 6.72 Å². The van der Waals surface area contributed by atoms with Gasteiger partial charge >= 0.3 is 0 Å². The van der Waals surface area contributed by atoms with Gasteiger partial charge in [-0.15, -0.1) is 0 Å². The van der Waals surface area contributed by atoms with Gasteiger partial charge in [0.15, 0.2) is 0 Å². The van der Waals surface area contributed by atoms with Gasteiger partial charge in [-0.3, -0.25) is 4.99 Å². The van der Waals surface area contributed by atoms with Gasteiger partial charge in [-0.2, -0.15) is 0 Å². The van der Waals surface area contributed by atoms with Crippen molar-refractivity contribution in [3.63, 3.8) is 0 Å². The second-order valence-electron chi connectivity index (χ2n) is 2.70. The molecule has 0 amide bonds. The average molecular weight is 193 g/mol. The van der Waals surface area contributed by atoms with Crippen molar-refractivity contribution in [1.82, 2.24) is 0 Å². The molecule has 0 bridgehead atoms. The summed E-state index contributed by atoms with van der Waals surface area (Å²) in [6.45, 7) is 2.26. The van der Waals surface area contributed by atoms with E-state index in [1.165, 1.54) is 0 Å². The van der Waals surface area contributed by atoms with Crippen molar-refractivity contribution < 1.29 is 25.5 Å². The van der Waals surface area contributed by atoms with Crippen LogP contribution >= 0.6 is 0 Å². The molecule has 6 heteroatoms. The predicted molar refractivity (Wildman–Crippen MR) is 45.5 cm³/mol. The van der Waals surface area contributed by atoms with Crippen molar-refractivity contribution >= 4 is 6.72 Å². The molecule has 0 fully saturated rings. The Morgan fingerprint density at radius 2 is 1.46 bits per heavy atom. The smallest absolute Gasteiger partial charge is 0.111 e. The summed E-state index contributed by atoms with van der Waals surface area (Å²) < 4.78 is 0. The molecule has 13 heavy (non-hydrogen) atoms. The molecule has 0 rings (SSSR count). The summed E-state index contributed by atoms with van der Waals surface area (Å²) in [6, 6.07) is 0. The molecular weight excluding hydrogens is 178 g/mol. The highest BCUT2D eigenvalue weighted by atomic mass is 16.4. The fraction of sp³-hybridized carbons (Fsp3) is 0.857. The highest BCUT2D eigenvalue weighted by molar-refractivity contribution is 5.23. The molecule has 6 nitrogen and oxygen atoms in total. The molecular formula is C7H15NO5. The topological polar surface area (TPSA) is 114 Å². The molecule has 0 aromatic rings. The molecule has 0 aliphatic heterocycles. The van der Waals surface area contributed by atoms with Gasteiger partial charge in [-0.25, -0.2) is 0 Å². The summed E-state index contributed by atoms with van der Waals surface area (Å²) in [4.78, 5) is 3.31. The van der Waals surface area contributed by atoms with E-state index in [-0.39, 0.29) is 6.54 Å². The SMILES string of the molecule is C=NC[C@H](O)[C@@H](O)[C@H](O)[C@H](O)CO. The summed E-state index contributed by atoms with van der Waals surface area (Å²) in [7, 11) is 0. The Morgan fingerprint density at radius 1 is 1.00 bits per heavy atom. The average Bonchev–Trinajstić information content (AvgIpc) is 2.14. The van der Waals surface area contributed by atoms with E-state index < -0.39 is 31.0 Å². The second-order valence-corrected chi connectivity index (χ2v) is 2.70. The first kappa shape index (κ1) is 12.5. The van der Waals surface area contributed by atoms with Gasteiger partial charge in [-0.1, -0.05) is 0 Å². The highest BCUT2D eigenvalue weighted by Crippen LogP contribution is 2.04. The van der Waals surface area contributed by atoms with Crippen LogP contribution < -0.4 is 0 Å². The first-order chi connectivity index (χ1) is 6.04. The molecule has 0 heterocycles. The Balaban J connectivity index is 4.06. The second kappa shape index (κ2) is 6.01. The van der Waals surface area contributed by atoms with E-state index in [9.17, 15) is 0 Å². The van der Waals surface area contributed by atoms with Crippen molar-refractivity contribution in [3.05, 3.63) is 0 Å². The lowest BCUT2D eigenvalue weighted by molar-refractivity contribution is -0.112. The van der Waals surface area contributed by atoms with Crippen LogP contribution in [-0.2, 0) is 0 Å². The number of aliphatic hydroxyl groups excluding tert-OH is 5. The number of aliphatic imine (C=N–C) groups is 1. The maximum absolute atomic E-state index is 9.16. The first-order valence-electron chi connectivity index (χ1n) is 3.80. The van der Waals surface area contributed by atoms with Crippen LogP contribution in [0.2, 0.25) is 0 Å². The fourth-order valence-corrected chi connectivity index (χ4v) is 0.803. The molecule has 0 aliphatic rings. The Labute approximate surface area is 75.8 Å². The molecule has 4 atom stereocenters. The molecule has 5 N–H and O–H groups in total. The van der Waals surface area contributed by atoms with Gasteiger partial charge in [0.25, 0.3) is 0 Å². The van der Waals surface area contributed by atoms with Gasteiger partial charge in [0.2, 0.25) is 0 Å². The maximum Gasteiger partial charge on any atom is 0.111 e. The summed E-state index contributed by atoms with van der Waals surface area (Å²) in [5.41, 5.74) is 0. The minimum atomic E-state index is -1.60. The summed E-state index contributed by atoms with van der Waals surface area (Å²) in [5, 5.41) is 44.7. The molecule has 0 unspecified atom stereocenters.